The molecule has 0 atom stereocenters. The van der Waals surface area contributed by atoms with E-state index in [4.69, 9.17) is 5.73 Å². The first-order valence-electron chi connectivity index (χ1n) is 8.34. The van der Waals surface area contributed by atoms with Crippen molar-refractivity contribution < 1.29 is 0 Å². The standard InChI is InChI=1S/C22H15N5/c23-21-11-19(17-7-4-10-24-12-17)22(18-13-25-15-26-14-18)20(27-21)9-8-16-5-2-1-3-6-16/h1-7,10-15H,(H2,23,27). The number of nitrogen functional groups attached to an aromatic ring is 1. The average molecular weight is 349 g/mol. The second-order valence-electron chi connectivity index (χ2n) is 5.80. The van der Waals surface area contributed by atoms with Gasteiger partial charge >= 0.3 is 0 Å². The summed E-state index contributed by atoms with van der Waals surface area (Å²) in [5.74, 6) is 6.71. The van der Waals surface area contributed by atoms with Crippen LogP contribution in [0.1, 0.15) is 11.3 Å². The van der Waals surface area contributed by atoms with E-state index in [1.165, 1.54) is 6.33 Å². The summed E-state index contributed by atoms with van der Waals surface area (Å²) in [6.45, 7) is 0. The predicted octanol–water partition coefficient (Wildman–Crippen LogP) is 3.58. The molecule has 0 spiro atoms. The number of anilines is 1. The number of hydrogen-bond donors (Lipinski definition) is 1. The molecule has 0 saturated heterocycles. The number of pyridine rings is 2. The molecule has 0 radical (unpaired) electrons. The van der Waals surface area contributed by atoms with E-state index in [2.05, 4.69) is 31.8 Å². The predicted molar refractivity (Wildman–Crippen MR) is 105 cm³/mol. The Kier molecular flexibility index (Phi) is 4.54. The molecule has 0 unspecified atom stereocenters. The maximum Gasteiger partial charge on any atom is 0.125 e. The molecule has 0 amide bonds. The Bertz CT molecular complexity index is 1120. The Morgan fingerprint density at radius 3 is 2.30 bits per heavy atom. The molecule has 5 heteroatoms. The van der Waals surface area contributed by atoms with Gasteiger partial charge in [0.2, 0.25) is 0 Å². The number of hydrogen-bond acceptors (Lipinski definition) is 5. The molecule has 3 aromatic heterocycles. The zero-order chi connectivity index (χ0) is 18.5. The van der Waals surface area contributed by atoms with Gasteiger partial charge in [0.05, 0.1) is 0 Å². The van der Waals surface area contributed by atoms with E-state index in [1.54, 1.807) is 24.8 Å². The first kappa shape index (κ1) is 16.4. The van der Waals surface area contributed by atoms with Crippen LogP contribution in [-0.4, -0.2) is 19.9 Å². The van der Waals surface area contributed by atoms with Crippen molar-refractivity contribution in [2.45, 2.75) is 0 Å². The monoisotopic (exact) mass is 349 g/mol. The van der Waals surface area contributed by atoms with Gasteiger partial charge in [0.25, 0.3) is 0 Å². The van der Waals surface area contributed by atoms with Gasteiger partial charge in [-0.2, -0.15) is 0 Å². The first-order valence-corrected chi connectivity index (χ1v) is 8.34. The zero-order valence-electron chi connectivity index (χ0n) is 14.4. The second-order valence-corrected chi connectivity index (χ2v) is 5.80. The first-order chi connectivity index (χ1) is 13.3. The fraction of sp³-hybridized carbons (Fsp3) is 0. The maximum absolute atomic E-state index is 6.08. The van der Waals surface area contributed by atoms with Gasteiger partial charge in [-0.15, -0.1) is 0 Å². The summed E-state index contributed by atoms with van der Waals surface area (Å²) in [6, 6.07) is 15.4. The minimum atomic E-state index is 0.395. The molecule has 128 valence electrons. The number of benzene rings is 1. The van der Waals surface area contributed by atoms with Gasteiger partial charge in [-0.05, 0) is 35.7 Å². The lowest BCUT2D eigenvalue weighted by Gasteiger charge is -2.12. The highest BCUT2D eigenvalue weighted by Crippen LogP contribution is 2.34. The molecule has 5 nitrogen and oxygen atoms in total. The van der Waals surface area contributed by atoms with Crippen LogP contribution in [0.4, 0.5) is 5.82 Å². The molecule has 0 bridgehead atoms. The molecule has 4 rings (SSSR count). The fourth-order valence-corrected chi connectivity index (χ4v) is 2.78. The molecule has 0 aliphatic carbocycles. The number of aromatic nitrogens is 4. The molecule has 0 aliphatic rings. The van der Waals surface area contributed by atoms with Crippen molar-refractivity contribution in [2.24, 2.45) is 0 Å². The summed E-state index contributed by atoms with van der Waals surface area (Å²) in [5, 5.41) is 0. The van der Waals surface area contributed by atoms with Crippen molar-refractivity contribution in [3.8, 4) is 34.1 Å². The fourth-order valence-electron chi connectivity index (χ4n) is 2.78. The third-order valence-corrected chi connectivity index (χ3v) is 3.96. The van der Waals surface area contributed by atoms with Crippen molar-refractivity contribution in [1.29, 1.82) is 0 Å². The van der Waals surface area contributed by atoms with Crippen molar-refractivity contribution in [3.05, 3.63) is 90.9 Å². The molecule has 0 fully saturated rings. The Morgan fingerprint density at radius 2 is 1.56 bits per heavy atom. The van der Waals surface area contributed by atoms with Crippen LogP contribution >= 0.6 is 0 Å². The van der Waals surface area contributed by atoms with Gasteiger partial charge in [0.15, 0.2) is 0 Å². The normalized spacial score (nSPS) is 10.1. The third-order valence-electron chi connectivity index (χ3n) is 3.96. The van der Waals surface area contributed by atoms with Crippen LogP contribution in [0.2, 0.25) is 0 Å². The molecule has 27 heavy (non-hydrogen) atoms. The van der Waals surface area contributed by atoms with Crippen LogP contribution in [0.3, 0.4) is 0 Å². The van der Waals surface area contributed by atoms with Crippen LogP contribution in [-0.2, 0) is 0 Å². The van der Waals surface area contributed by atoms with Gasteiger partial charge in [0.1, 0.15) is 17.8 Å². The summed E-state index contributed by atoms with van der Waals surface area (Å²) in [5.41, 5.74) is 11.0. The van der Waals surface area contributed by atoms with E-state index >= 15 is 0 Å². The molecular weight excluding hydrogens is 334 g/mol. The van der Waals surface area contributed by atoms with Crippen LogP contribution in [0.15, 0.2) is 79.6 Å². The Hall–Kier alpha value is -4.04. The van der Waals surface area contributed by atoms with Gasteiger partial charge in [0, 0.05) is 47.0 Å². The highest BCUT2D eigenvalue weighted by atomic mass is 14.8. The Morgan fingerprint density at radius 1 is 0.778 bits per heavy atom. The summed E-state index contributed by atoms with van der Waals surface area (Å²) in [6.07, 6.45) is 8.50. The van der Waals surface area contributed by atoms with E-state index in [9.17, 15) is 0 Å². The van der Waals surface area contributed by atoms with Crippen molar-refractivity contribution in [1.82, 2.24) is 19.9 Å². The lowest BCUT2D eigenvalue weighted by atomic mass is 9.95. The lowest BCUT2D eigenvalue weighted by molar-refractivity contribution is 1.16. The molecule has 0 aliphatic heterocycles. The van der Waals surface area contributed by atoms with Gasteiger partial charge in [-0.3, -0.25) is 4.98 Å². The van der Waals surface area contributed by atoms with Crippen molar-refractivity contribution in [2.75, 3.05) is 5.73 Å². The third kappa shape index (κ3) is 3.65. The van der Waals surface area contributed by atoms with Crippen LogP contribution in [0.25, 0.3) is 22.3 Å². The summed E-state index contributed by atoms with van der Waals surface area (Å²) in [4.78, 5) is 17.0. The molecule has 3 heterocycles. The van der Waals surface area contributed by atoms with E-state index < -0.39 is 0 Å². The molecule has 2 N–H and O–H groups in total. The van der Waals surface area contributed by atoms with E-state index in [-0.39, 0.29) is 0 Å². The summed E-state index contributed by atoms with van der Waals surface area (Å²) < 4.78 is 0. The van der Waals surface area contributed by atoms with Gasteiger partial charge in [-0.1, -0.05) is 30.2 Å². The van der Waals surface area contributed by atoms with Gasteiger partial charge < -0.3 is 5.73 Å². The van der Waals surface area contributed by atoms with Crippen LogP contribution in [0.5, 0.6) is 0 Å². The highest BCUT2D eigenvalue weighted by Gasteiger charge is 2.15. The molecule has 1 aromatic carbocycles. The Balaban J connectivity index is 1.96. The molecule has 0 saturated carbocycles. The maximum atomic E-state index is 6.08. The molecular formula is C22H15N5. The second kappa shape index (κ2) is 7.46. The minimum Gasteiger partial charge on any atom is -0.384 e. The summed E-state index contributed by atoms with van der Waals surface area (Å²) >= 11 is 0. The topological polar surface area (TPSA) is 77.6 Å². The van der Waals surface area contributed by atoms with Crippen LogP contribution < -0.4 is 5.73 Å². The number of nitrogens with zero attached hydrogens (tertiary/aromatic N) is 4. The smallest absolute Gasteiger partial charge is 0.125 e. The average Bonchev–Trinajstić information content (AvgIpc) is 2.74. The quantitative estimate of drug-likeness (QED) is 0.560. The largest absolute Gasteiger partial charge is 0.384 e. The van der Waals surface area contributed by atoms with Gasteiger partial charge in [-0.25, -0.2) is 15.0 Å². The zero-order valence-corrected chi connectivity index (χ0v) is 14.4. The lowest BCUT2D eigenvalue weighted by Crippen LogP contribution is -2.00. The Labute approximate surface area is 157 Å². The van der Waals surface area contributed by atoms with E-state index in [0.29, 0.717) is 11.5 Å². The molecule has 4 aromatic rings. The van der Waals surface area contributed by atoms with Crippen molar-refractivity contribution in [3.63, 3.8) is 0 Å². The van der Waals surface area contributed by atoms with E-state index in [1.807, 2.05) is 48.5 Å². The minimum absolute atomic E-state index is 0.395. The summed E-state index contributed by atoms with van der Waals surface area (Å²) in [7, 11) is 0. The number of nitrogens with two attached hydrogens (primary N) is 1. The SMILES string of the molecule is Nc1cc(-c2cccnc2)c(-c2cncnc2)c(C#Cc2ccccc2)n1. The van der Waals surface area contributed by atoms with Crippen molar-refractivity contribution >= 4 is 5.82 Å². The van der Waals surface area contributed by atoms with Crippen LogP contribution in [0, 0.1) is 11.8 Å². The highest BCUT2D eigenvalue weighted by molar-refractivity contribution is 5.87. The van der Waals surface area contributed by atoms with E-state index in [0.717, 1.165) is 27.8 Å². The number of rotatable bonds is 2.